The first-order valence-corrected chi connectivity index (χ1v) is 13.9. The lowest BCUT2D eigenvalue weighted by atomic mass is 9.66. The van der Waals surface area contributed by atoms with Crippen molar-refractivity contribution in [3.63, 3.8) is 0 Å². The minimum Gasteiger partial charge on any atom is -0.372 e. The van der Waals surface area contributed by atoms with Gasteiger partial charge in [0.25, 0.3) is 5.91 Å². The molecule has 0 bridgehead atoms. The Morgan fingerprint density at radius 3 is 2.72 bits per heavy atom. The number of unbranched alkanes of at least 4 members (excludes halogenated alkanes) is 3. The molecule has 1 saturated heterocycles. The first-order valence-electron chi connectivity index (χ1n) is 13.9. The molecule has 1 amide bonds. The van der Waals surface area contributed by atoms with E-state index >= 15 is 0 Å². The quantitative estimate of drug-likeness (QED) is 0.325. The second-order valence-corrected chi connectivity index (χ2v) is 10.5. The molecule has 1 saturated carbocycles. The largest absolute Gasteiger partial charge is 0.372 e. The van der Waals surface area contributed by atoms with E-state index < -0.39 is 0 Å². The van der Waals surface area contributed by atoms with Gasteiger partial charge in [-0.25, -0.2) is 9.97 Å². The van der Waals surface area contributed by atoms with E-state index in [0.29, 0.717) is 28.6 Å². The SMILES string of the molecule is CCCCCCN(CCC)c1ccc(-c2nc3nccc(C(=O)NC4CC5CNCCC54)c3[nH]2)cc1. The lowest BCUT2D eigenvalue weighted by Gasteiger charge is -2.48. The van der Waals surface area contributed by atoms with Crippen molar-refractivity contribution in [3.05, 3.63) is 42.1 Å². The zero-order valence-corrected chi connectivity index (χ0v) is 21.7. The van der Waals surface area contributed by atoms with Gasteiger partial charge in [0.2, 0.25) is 0 Å². The van der Waals surface area contributed by atoms with Crippen molar-refractivity contribution in [3.8, 4) is 11.4 Å². The molecule has 1 aliphatic heterocycles. The van der Waals surface area contributed by atoms with Crippen LogP contribution in [0.3, 0.4) is 0 Å². The number of carbonyl (C=O) groups is 1. The molecule has 36 heavy (non-hydrogen) atoms. The average molecular weight is 489 g/mol. The van der Waals surface area contributed by atoms with Crippen LogP contribution < -0.4 is 15.5 Å². The molecular formula is C29H40N6O. The third kappa shape index (κ3) is 5.26. The van der Waals surface area contributed by atoms with E-state index in [1.807, 2.05) is 0 Å². The molecule has 1 aromatic carbocycles. The molecule has 3 N–H and O–H groups in total. The fraction of sp³-hybridized carbons (Fsp3) is 0.552. The van der Waals surface area contributed by atoms with Crippen molar-refractivity contribution in [2.24, 2.45) is 11.8 Å². The highest BCUT2D eigenvalue weighted by molar-refractivity contribution is 6.04. The number of rotatable bonds is 11. The van der Waals surface area contributed by atoms with Gasteiger partial charge in [0.15, 0.2) is 5.65 Å². The topological polar surface area (TPSA) is 85.9 Å². The zero-order valence-electron chi connectivity index (χ0n) is 21.7. The number of hydrogen-bond donors (Lipinski definition) is 3. The first-order chi connectivity index (χ1) is 17.7. The van der Waals surface area contributed by atoms with Gasteiger partial charge >= 0.3 is 0 Å². The summed E-state index contributed by atoms with van der Waals surface area (Å²) in [7, 11) is 0. The highest BCUT2D eigenvalue weighted by Gasteiger charge is 2.42. The summed E-state index contributed by atoms with van der Waals surface area (Å²) in [6.07, 6.45) is 10.1. The summed E-state index contributed by atoms with van der Waals surface area (Å²) < 4.78 is 0. The second kappa shape index (κ2) is 11.4. The first kappa shape index (κ1) is 24.8. The maximum atomic E-state index is 13.2. The molecule has 2 aliphatic rings. The van der Waals surface area contributed by atoms with Crippen LogP contribution in [-0.4, -0.2) is 53.1 Å². The number of nitrogens with one attached hydrogen (secondary N) is 3. The maximum absolute atomic E-state index is 13.2. The molecule has 3 aromatic rings. The van der Waals surface area contributed by atoms with Crippen LogP contribution in [0.4, 0.5) is 5.69 Å². The van der Waals surface area contributed by atoms with Gasteiger partial charge in [-0.05, 0) is 80.9 Å². The number of pyridine rings is 1. The van der Waals surface area contributed by atoms with Crippen molar-refractivity contribution < 1.29 is 4.79 Å². The molecular weight excluding hydrogens is 448 g/mol. The van der Waals surface area contributed by atoms with Crippen molar-refractivity contribution in [2.45, 2.75) is 64.8 Å². The molecule has 7 nitrogen and oxygen atoms in total. The summed E-state index contributed by atoms with van der Waals surface area (Å²) in [5, 5.41) is 6.74. The van der Waals surface area contributed by atoms with Crippen LogP contribution in [0, 0.1) is 11.8 Å². The Bertz CT molecular complexity index is 1160. The van der Waals surface area contributed by atoms with Crippen LogP contribution >= 0.6 is 0 Å². The minimum absolute atomic E-state index is 0.0341. The highest BCUT2D eigenvalue weighted by atomic mass is 16.1. The molecule has 7 heteroatoms. The molecule has 192 valence electrons. The van der Waals surface area contributed by atoms with Gasteiger partial charge < -0.3 is 20.5 Å². The Labute approximate surface area is 214 Å². The predicted molar refractivity (Wildman–Crippen MR) is 146 cm³/mol. The molecule has 3 unspecified atom stereocenters. The zero-order chi connectivity index (χ0) is 24.9. The average Bonchev–Trinajstić information content (AvgIpc) is 3.34. The summed E-state index contributed by atoms with van der Waals surface area (Å²) in [6.45, 7) is 8.78. The molecule has 1 aliphatic carbocycles. The van der Waals surface area contributed by atoms with Gasteiger partial charge in [-0.1, -0.05) is 33.1 Å². The number of carbonyl (C=O) groups excluding carboxylic acids is 1. The van der Waals surface area contributed by atoms with Gasteiger partial charge in [0.1, 0.15) is 5.82 Å². The van der Waals surface area contributed by atoms with E-state index in [9.17, 15) is 4.79 Å². The van der Waals surface area contributed by atoms with E-state index in [2.05, 4.69) is 63.6 Å². The molecule has 3 heterocycles. The number of fused-ring (bicyclic) bond motifs is 2. The minimum atomic E-state index is -0.0341. The summed E-state index contributed by atoms with van der Waals surface area (Å²) in [6, 6.07) is 10.7. The number of nitrogens with zero attached hydrogens (tertiary/aromatic N) is 3. The molecule has 2 fully saturated rings. The summed E-state index contributed by atoms with van der Waals surface area (Å²) in [5.41, 5.74) is 4.16. The van der Waals surface area contributed by atoms with Crippen LogP contribution in [0.25, 0.3) is 22.6 Å². The number of anilines is 1. The van der Waals surface area contributed by atoms with Gasteiger partial charge in [-0.2, -0.15) is 0 Å². The Kier molecular flexibility index (Phi) is 7.85. The molecule has 3 atom stereocenters. The number of aromatic nitrogens is 3. The number of imidazole rings is 1. The smallest absolute Gasteiger partial charge is 0.253 e. The Morgan fingerprint density at radius 1 is 1.08 bits per heavy atom. The lowest BCUT2D eigenvalue weighted by Crippen LogP contribution is -2.58. The number of hydrogen-bond acceptors (Lipinski definition) is 5. The fourth-order valence-corrected chi connectivity index (χ4v) is 5.88. The molecule has 0 radical (unpaired) electrons. The summed E-state index contributed by atoms with van der Waals surface area (Å²) in [4.78, 5) is 28.2. The van der Waals surface area contributed by atoms with Gasteiger partial charge in [-0.3, -0.25) is 4.79 Å². The normalized spacial score (nSPS) is 21.1. The third-order valence-corrected chi connectivity index (χ3v) is 7.97. The van der Waals surface area contributed by atoms with Gasteiger partial charge in [0, 0.05) is 36.6 Å². The fourth-order valence-electron chi connectivity index (χ4n) is 5.88. The molecule has 0 spiro atoms. The number of piperidine rings is 1. The van der Waals surface area contributed by atoms with E-state index in [1.165, 1.54) is 31.4 Å². The van der Waals surface area contributed by atoms with E-state index in [-0.39, 0.29) is 11.9 Å². The maximum Gasteiger partial charge on any atom is 0.253 e. The summed E-state index contributed by atoms with van der Waals surface area (Å²) in [5.74, 6) is 2.01. The van der Waals surface area contributed by atoms with Crippen LogP contribution in [0.1, 0.15) is 69.2 Å². The number of aromatic amines is 1. The Morgan fingerprint density at radius 2 is 1.94 bits per heavy atom. The van der Waals surface area contributed by atoms with Crippen molar-refractivity contribution >= 4 is 22.8 Å². The molecule has 5 rings (SSSR count). The number of H-pyrrole nitrogens is 1. The van der Waals surface area contributed by atoms with E-state index in [1.54, 1.807) is 12.3 Å². The summed E-state index contributed by atoms with van der Waals surface area (Å²) >= 11 is 0. The standard InChI is InChI=1S/C29H40N6O/c1-3-5-6-7-17-35(16-4-2)22-10-8-20(9-11-22)27-33-26-24(13-15-31-28(26)34-27)29(36)32-25-18-21-19-30-14-12-23(21)25/h8-11,13,15,21,23,25,30H,3-7,12,14,16-19H2,1-2H3,(H,32,36)(H,31,33,34). The second-order valence-electron chi connectivity index (χ2n) is 10.5. The monoisotopic (exact) mass is 488 g/mol. The van der Waals surface area contributed by atoms with Crippen molar-refractivity contribution in [1.82, 2.24) is 25.6 Å². The number of benzene rings is 1. The van der Waals surface area contributed by atoms with Gasteiger partial charge in [0.05, 0.1) is 11.1 Å². The third-order valence-electron chi connectivity index (χ3n) is 7.97. The Balaban J connectivity index is 1.29. The highest BCUT2D eigenvalue weighted by Crippen LogP contribution is 2.38. The van der Waals surface area contributed by atoms with Crippen LogP contribution in [0.2, 0.25) is 0 Å². The molecule has 2 aromatic heterocycles. The van der Waals surface area contributed by atoms with Crippen LogP contribution in [-0.2, 0) is 0 Å². The number of amides is 1. The van der Waals surface area contributed by atoms with Crippen molar-refractivity contribution in [1.29, 1.82) is 0 Å². The predicted octanol–water partition coefficient (Wildman–Crippen LogP) is 5.15. The van der Waals surface area contributed by atoms with E-state index in [4.69, 9.17) is 4.98 Å². The Hall–Kier alpha value is -2.93. The van der Waals surface area contributed by atoms with Crippen molar-refractivity contribution in [2.75, 3.05) is 31.1 Å². The van der Waals surface area contributed by atoms with E-state index in [0.717, 1.165) is 56.8 Å². The van der Waals surface area contributed by atoms with Crippen LogP contribution in [0.5, 0.6) is 0 Å². The van der Waals surface area contributed by atoms with Crippen LogP contribution in [0.15, 0.2) is 36.5 Å². The van der Waals surface area contributed by atoms with Gasteiger partial charge in [-0.15, -0.1) is 0 Å². The lowest BCUT2D eigenvalue weighted by molar-refractivity contribution is 0.0592.